The van der Waals surface area contributed by atoms with Gasteiger partial charge in [0.15, 0.2) is 0 Å². The number of nitrogens with two attached hydrogens (primary N) is 1. The standard InChI is InChI=1S/C18H21FN2/c1-12-8-9-16(11-17(12)19)18(21-20)15-7-3-6-14(10-15)13-4-2-5-13/h3,6-11,13,18,21H,2,4-5,20H2,1H3. The number of halogens is 1. The lowest BCUT2D eigenvalue weighted by atomic mass is 9.79. The summed E-state index contributed by atoms with van der Waals surface area (Å²) >= 11 is 0. The lowest BCUT2D eigenvalue weighted by Gasteiger charge is -2.27. The maximum Gasteiger partial charge on any atom is 0.126 e. The molecule has 110 valence electrons. The largest absolute Gasteiger partial charge is 0.271 e. The fraction of sp³-hybridized carbons (Fsp3) is 0.333. The lowest BCUT2D eigenvalue weighted by Crippen LogP contribution is -2.29. The molecule has 1 aliphatic rings. The van der Waals surface area contributed by atoms with E-state index >= 15 is 0 Å². The number of aryl methyl sites for hydroxylation is 1. The van der Waals surface area contributed by atoms with Gasteiger partial charge in [0.1, 0.15) is 5.82 Å². The maximum atomic E-state index is 13.8. The van der Waals surface area contributed by atoms with E-state index in [1.165, 1.54) is 24.8 Å². The normalized spacial score (nSPS) is 16.5. The van der Waals surface area contributed by atoms with E-state index in [1.807, 2.05) is 12.1 Å². The lowest BCUT2D eigenvalue weighted by molar-refractivity contribution is 0.419. The molecule has 1 atom stereocenters. The molecular formula is C18H21FN2. The van der Waals surface area contributed by atoms with E-state index in [-0.39, 0.29) is 11.9 Å². The number of hydrogen-bond acceptors (Lipinski definition) is 2. The van der Waals surface area contributed by atoms with Crippen molar-refractivity contribution in [3.05, 3.63) is 70.5 Å². The highest BCUT2D eigenvalue weighted by atomic mass is 19.1. The summed E-state index contributed by atoms with van der Waals surface area (Å²) in [6.07, 6.45) is 3.85. The van der Waals surface area contributed by atoms with Crippen LogP contribution in [-0.4, -0.2) is 0 Å². The summed E-state index contributed by atoms with van der Waals surface area (Å²) in [4.78, 5) is 0. The van der Waals surface area contributed by atoms with E-state index in [4.69, 9.17) is 5.84 Å². The van der Waals surface area contributed by atoms with Crippen LogP contribution < -0.4 is 11.3 Å². The van der Waals surface area contributed by atoms with Gasteiger partial charge in [-0.1, -0.05) is 42.8 Å². The zero-order valence-corrected chi connectivity index (χ0v) is 12.3. The second kappa shape index (κ2) is 5.96. The monoisotopic (exact) mass is 284 g/mol. The molecule has 2 nitrogen and oxygen atoms in total. The molecule has 21 heavy (non-hydrogen) atoms. The molecule has 3 heteroatoms. The molecule has 0 heterocycles. The van der Waals surface area contributed by atoms with Crippen molar-refractivity contribution in [1.82, 2.24) is 5.43 Å². The average molecular weight is 284 g/mol. The molecule has 1 aliphatic carbocycles. The molecule has 1 unspecified atom stereocenters. The molecule has 0 bridgehead atoms. The Morgan fingerprint density at radius 3 is 2.52 bits per heavy atom. The Morgan fingerprint density at radius 1 is 1.14 bits per heavy atom. The summed E-state index contributed by atoms with van der Waals surface area (Å²) in [6, 6.07) is 13.6. The molecule has 2 aromatic rings. The molecule has 2 aromatic carbocycles. The molecule has 3 N–H and O–H groups in total. The van der Waals surface area contributed by atoms with Gasteiger partial charge in [0.25, 0.3) is 0 Å². The van der Waals surface area contributed by atoms with Crippen LogP contribution in [0.4, 0.5) is 4.39 Å². The van der Waals surface area contributed by atoms with Gasteiger partial charge in [-0.2, -0.15) is 0 Å². The maximum absolute atomic E-state index is 13.8. The van der Waals surface area contributed by atoms with Gasteiger partial charge < -0.3 is 0 Å². The summed E-state index contributed by atoms with van der Waals surface area (Å²) in [5, 5.41) is 0. The van der Waals surface area contributed by atoms with Crippen LogP contribution in [0, 0.1) is 12.7 Å². The Labute approximate surface area is 125 Å². The first-order valence-electron chi connectivity index (χ1n) is 7.51. The van der Waals surface area contributed by atoms with E-state index in [1.54, 1.807) is 19.1 Å². The van der Waals surface area contributed by atoms with Crippen LogP contribution in [0.15, 0.2) is 42.5 Å². The van der Waals surface area contributed by atoms with Crippen molar-refractivity contribution in [2.24, 2.45) is 5.84 Å². The first-order chi connectivity index (χ1) is 10.2. The number of rotatable bonds is 4. The van der Waals surface area contributed by atoms with E-state index in [9.17, 15) is 4.39 Å². The zero-order chi connectivity index (χ0) is 14.8. The third kappa shape index (κ3) is 2.85. The van der Waals surface area contributed by atoms with Gasteiger partial charge in [-0.15, -0.1) is 0 Å². The van der Waals surface area contributed by atoms with Crippen molar-refractivity contribution in [2.45, 2.75) is 38.1 Å². The van der Waals surface area contributed by atoms with E-state index in [0.717, 1.165) is 11.1 Å². The smallest absolute Gasteiger partial charge is 0.126 e. The number of hydrogen-bond donors (Lipinski definition) is 2. The molecule has 1 fully saturated rings. The topological polar surface area (TPSA) is 38.0 Å². The van der Waals surface area contributed by atoms with Crippen LogP contribution >= 0.6 is 0 Å². The SMILES string of the molecule is Cc1ccc(C(NN)c2cccc(C3CCC3)c2)cc1F. The zero-order valence-electron chi connectivity index (χ0n) is 12.3. The molecular weight excluding hydrogens is 263 g/mol. The average Bonchev–Trinajstić information content (AvgIpc) is 2.42. The second-order valence-electron chi connectivity index (χ2n) is 5.91. The summed E-state index contributed by atoms with van der Waals surface area (Å²) in [6.45, 7) is 1.77. The highest BCUT2D eigenvalue weighted by molar-refractivity contribution is 5.37. The number of benzene rings is 2. The molecule has 3 rings (SSSR count). The van der Waals surface area contributed by atoms with Crippen molar-refractivity contribution >= 4 is 0 Å². The summed E-state index contributed by atoms with van der Waals surface area (Å²) in [5.41, 5.74) is 6.78. The molecule has 0 aromatic heterocycles. The van der Waals surface area contributed by atoms with Crippen molar-refractivity contribution < 1.29 is 4.39 Å². The van der Waals surface area contributed by atoms with Crippen LogP contribution in [0.2, 0.25) is 0 Å². The van der Waals surface area contributed by atoms with E-state index in [2.05, 4.69) is 23.6 Å². The minimum Gasteiger partial charge on any atom is -0.271 e. The minimum atomic E-state index is -0.192. The molecule has 1 saturated carbocycles. The van der Waals surface area contributed by atoms with Gasteiger partial charge in [0.2, 0.25) is 0 Å². The summed E-state index contributed by atoms with van der Waals surface area (Å²) < 4.78 is 13.8. The van der Waals surface area contributed by atoms with Crippen LogP contribution in [0.25, 0.3) is 0 Å². The third-order valence-corrected chi connectivity index (χ3v) is 4.52. The second-order valence-corrected chi connectivity index (χ2v) is 5.91. The molecule has 0 saturated heterocycles. The van der Waals surface area contributed by atoms with Crippen molar-refractivity contribution in [3.63, 3.8) is 0 Å². The minimum absolute atomic E-state index is 0.180. The fourth-order valence-corrected chi connectivity index (χ4v) is 2.91. The van der Waals surface area contributed by atoms with Gasteiger partial charge >= 0.3 is 0 Å². The van der Waals surface area contributed by atoms with Gasteiger partial charge in [-0.05, 0) is 54.0 Å². The Kier molecular flexibility index (Phi) is 4.04. The predicted octanol–water partition coefficient (Wildman–Crippen LogP) is 3.95. The number of nitrogens with one attached hydrogen (secondary N) is 1. The predicted molar refractivity (Wildman–Crippen MR) is 83.3 cm³/mol. The quantitative estimate of drug-likeness (QED) is 0.659. The highest BCUT2D eigenvalue weighted by Gasteiger charge is 2.21. The van der Waals surface area contributed by atoms with Crippen molar-refractivity contribution in [2.75, 3.05) is 0 Å². The van der Waals surface area contributed by atoms with Gasteiger partial charge in [0, 0.05) is 0 Å². The van der Waals surface area contributed by atoms with E-state index < -0.39 is 0 Å². The number of hydrazine groups is 1. The van der Waals surface area contributed by atoms with Crippen LogP contribution in [0.3, 0.4) is 0 Å². The Balaban J connectivity index is 1.93. The van der Waals surface area contributed by atoms with Crippen LogP contribution in [0.1, 0.15) is 53.5 Å². The van der Waals surface area contributed by atoms with Gasteiger partial charge in [-0.25, -0.2) is 9.82 Å². The summed E-state index contributed by atoms with van der Waals surface area (Å²) in [5.74, 6) is 6.21. The first-order valence-corrected chi connectivity index (χ1v) is 7.51. The Bertz CT molecular complexity index is 635. The molecule has 0 spiro atoms. The molecule has 0 radical (unpaired) electrons. The van der Waals surface area contributed by atoms with Gasteiger partial charge in [0.05, 0.1) is 6.04 Å². The van der Waals surface area contributed by atoms with Gasteiger partial charge in [-0.3, -0.25) is 5.84 Å². The van der Waals surface area contributed by atoms with Crippen LogP contribution in [0.5, 0.6) is 0 Å². The van der Waals surface area contributed by atoms with Crippen molar-refractivity contribution in [3.8, 4) is 0 Å². The first kappa shape index (κ1) is 14.2. The molecule has 0 aliphatic heterocycles. The third-order valence-electron chi connectivity index (χ3n) is 4.52. The highest BCUT2D eigenvalue weighted by Crippen LogP contribution is 2.37. The Morgan fingerprint density at radius 2 is 1.90 bits per heavy atom. The Hall–Kier alpha value is -1.71. The van der Waals surface area contributed by atoms with Crippen LogP contribution in [-0.2, 0) is 0 Å². The summed E-state index contributed by atoms with van der Waals surface area (Å²) in [7, 11) is 0. The molecule has 0 amide bonds. The fourth-order valence-electron chi connectivity index (χ4n) is 2.91. The van der Waals surface area contributed by atoms with E-state index in [0.29, 0.717) is 11.5 Å². The van der Waals surface area contributed by atoms with Crippen molar-refractivity contribution in [1.29, 1.82) is 0 Å².